The number of hydrogen-bond acceptors (Lipinski definition) is 5. The summed E-state index contributed by atoms with van der Waals surface area (Å²) in [4.78, 5) is 11.7. The first-order valence-electron chi connectivity index (χ1n) is 12.2. The van der Waals surface area contributed by atoms with E-state index < -0.39 is 0 Å². The van der Waals surface area contributed by atoms with Crippen molar-refractivity contribution in [3.63, 3.8) is 0 Å². The summed E-state index contributed by atoms with van der Waals surface area (Å²) < 4.78 is 0. The molecule has 2 saturated carbocycles. The first-order valence-corrected chi connectivity index (χ1v) is 12.6. The number of benzene rings is 2. The van der Waals surface area contributed by atoms with E-state index in [2.05, 4.69) is 39.8 Å². The van der Waals surface area contributed by atoms with Crippen LogP contribution in [0.3, 0.4) is 0 Å². The van der Waals surface area contributed by atoms with Gasteiger partial charge in [0.05, 0.1) is 5.52 Å². The Morgan fingerprint density at radius 2 is 1.70 bits per heavy atom. The second-order valence-electron chi connectivity index (χ2n) is 10.1. The van der Waals surface area contributed by atoms with Gasteiger partial charge in [-0.15, -0.1) is 0 Å². The van der Waals surface area contributed by atoms with Gasteiger partial charge in [-0.3, -0.25) is 0 Å². The largest absolute Gasteiger partial charge is 0.362 e. The van der Waals surface area contributed by atoms with Crippen molar-refractivity contribution in [1.82, 2.24) is 15.3 Å². The number of fused-ring (bicyclic) bond motifs is 1. The second-order valence-corrected chi connectivity index (χ2v) is 10.5. The highest BCUT2D eigenvalue weighted by Crippen LogP contribution is 2.47. The molecule has 2 aliphatic carbocycles. The molecule has 0 atom stereocenters. The number of nitrogens with one attached hydrogen (secondary N) is 2. The average Bonchev–Trinajstić information content (AvgIpc) is 3.61. The summed E-state index contributed by atoms with van der Waals surface area (Å²) >= 11 is 6.07. The number of para-hydroxylation sites is 1. The minimum absolute atomic E-state index is 0.334. The number of aromatic nitrogens is 2. The Kier molecular flexibility index (Phi) is 6.44. The van der Waals surface area contributed by atoms with Crippen LogP contribution in [0.5, 0.6) is 0 Å². The predicted octanol–water partition coefficient (Wildman–Crippen LogP) is 5.64. The van der Waals surface area contributed by atoms with Crippen molar-refractivity contribution in [2.24, 2.45) is 5.92 Å². The maximum absolute atomic E-state index is 6.07. The summed E-state index contributed by atoms with van der Waals surface area (Å²) in [6, 6.07) is 17.1. The van der Waals surface area contributed by atoms with Gasteiger partial charge in [-0.05, 0) is 80.8 Å². The van der Waals surface area contributed by atoms with Crippen LogP contribution in [-0.2, 0) is 5.41 Å². The van der Waals surface area contributed by atoms with E-state index in [0.29, 0.717) is 11.5 Å². The molecule has 0 saturated heterocycles. The lowest BCUT2D eigenvalue weighted by Gasteiger charge is -2.30. The van der Waals surface area contributed by atoms with Crippen LogP contribution in [0.1, 0.15) is 44.1 Å². The molecule has 0 spiro atoms. The van der Waals surface area contributed by atoms with E-state index in [9.17, 15) is 0 Å². The van der Waals surface area contributed by atoms with Crippen LogP contribution in [0.25, 0.3) is 10.9 Å². The molecule has 6 heteroatoms. The van der Waals surface area contributed by atoms with Gasteiger partial charge in [0.2, 0.25) is 5.95 Å². The maximum Gasteiger partial charge on any atom is 0.225 e. The molecule has 0 unspecified atom stereocenters. The van der Waals surface area contributed by atoms with Crippen molar-refractivity contribution < 1.29 is 0 Å². The summed E-state index contributed by atoms with van der Waals surface area (Å²) in [5.41, 5.74) is 2.76. The van der Waals surface area contributed by atoms with Gasteiger partial charge in [-0.25, -0.2) is 4.98 Å². The van der Waals surface area contributed by atoms with Crippen molar-refractivity contribution in [3.05, 3.63) is 59.1 Å². The van der Waals surface area contributed by atoms with E-state index >= 15 is 0 Å². The van der Waals surface area contributed by atoms with Crippen LogP contribution in [0.2, 0.25) is 5.02 Å². The van der Waals surface area contributed by atoms with Crippen LogP contribution in [0, 0.1) is 5.92 Å². The molecule has 174 valence electrons. The number of rotatable bonds is 8. The summed E-state index contributed by atoms with van der Waals surface area (Å²) in [6.45, 7) is 2.18. The molecule has 1 aromatic heterocycles. The number of anilines is 2. The lowest BCUT2D eigenvalue weighted by molar-refractivity contribution is 0.321. The molecule has 0 radical (unpaired) electrons. The van der Waals surface area contributed by atoms with Gasteiger partial charge in [0, 0.05) is 42.5 Å². The van der Waals surface area contributed by atoms with E-state index in [4.69, 9.17) is 21.6 Å². The summed E-state index contributed by atoms with van der Waals surface area (Å²) in [7, 11) is 4.07. The molecule has 2 N–H and O–H groups in total. The molecular formula is C27H34ClN5. The maximum atomic E-state index is 6.07. The normalized spacial score (nSPS) is 21.7. The van der Waals surface area contributed by atoms with Crippen LogP contribution < -0.4 is 15.5 Å². The van der Waals surface area contributed by atoms with Crippen molar-refractivity contribution in [2.45, 2.75) is 50.0 Å². The summed E-state index contributed by atoms with van der Waals surface area (Å²) in [5.74, 6) is 2.47. The molecule has 3 aromatic rings. The number of nitrogens with zero attached hydrogens (tertiary/aromatic N) is 3. The highest BCUT2D eigenvalue weighted by Gasteiger charge is 2.43. The zero-order valence-electron chi connectivity index (χ0n) is 19.6. The minimum atomic E-state index is 0.334. The molecule has 2 aliphatic rings. The van der Waals surface area contributed by atoms with Gasteiger partial charge in [0.1, 0.15) is 5.82 Å². The van der Waals surface area contributed by atoms with E-state index in [1.807, 2.05) is 38.4 Å². The quantitative estimate of drug-likeness (QED) is 0.452. The van der Waals surface area contributed by atoms with Crippen molar-refractivity contribution in [3.8, 4) is 0 Å². The third kappa shape index (κ3) is 5.10. The average molecular weight is 464 g/mol. The smallest absolute Gasteiger partial charge is 0.225 e. The first-order chi connectivity index (χ1) is 16.0. The highest BCUT2D eigenvalue weighted by molar-refractivity contribution is 6.30. The van der Waals surface area contributed by atoms with Crippen molar-refractivity contribution in [2.75, 3.05) is 37.4 Å². The van der Waals surface area contributed by atoms with Crippen LogP contribution in [0.15, 0.2) is 48.5 Å². The van der Waals surface area contributed by atoms with Crippen LogP contribution in [-0.4, -0.2) is 43.2 Å². The predicted molar refractivity (Wildman–Crippen MR) is 138 cm³/mol. The molecule has 5 rings (SSSR count). The molecular weight excluding hydrogens is 430 g/mol. The molecule has 33 heavy (non-hydrogen) atoms. The standard InChI is InChI=1S/C27H34ClN5/c1-33(2)25-23-5-3-4-6-24(23)31-26(32-25)30-22-13-7-19(8-14-22)17-29-18-27(15-16-27)20-9-11-21(28)12-10-20/h3-6,9-12,19,22,29H,7-8,13-18H2,1-2H3,(H,30,31,32)/t19-,22+. The highest BCUT2D eigenvalue weighted by atomic mass is 35.5. The van der Waals surface area contributed by atoms with Gasteiger partial charge in [0.25, 0.3) is 0 Å². The fourth-order valence-corrected chi connectivity index (χ4v) is 5.32. The van der Waals surface area contributed by atoms with Gasteiger partial charge in [0.15, 0.2) is 0 Å². The number of halogens is 1. The Morgan fingerprint density at radius 3 is 2.39 bits per heavy atom. The lowest BCUT2D eigenvalue weighted by atomic mass is 9.86. The monoisotopic (exact) mass is 463 g/mol. The Balaban J connectivity index is 1.12. The van der Waals surface area contributed by atoms with Crippen LogP contribution >= 0.6 is 11.6 Å². The molecule has 1 heterocycles. The zero-order chi connectivity index (χ0) is 22.8. The van der Waals surface area contributed by atoms with Crippen LogP contribution in [0.4, 0.5) is 11.8 Å². The third-order valence-electron chi connectivity index (χ3n) is 7.39. The lowest BCUT2D eigenvalue weighted by Crippen LogP contribution is -2.35. The van der Waals surface area contributed by atoms with E-state index in [1.165, 1.54) is 44.1 Å². The van der Waals surface area contributed by atoms with Gasteiger partial charge in [-0.1, -0.05) is 35.9 Å². The molecule has 0 bridgehead atoms. The fourth-order valence-electron chi connectivity index (χ4n) is 5.20. The Morgan fingerprint density at radius 1 is 0.970 bits per heavy atom. The molecule has 0 aliphatic heterocycles. The molecule has 0 amide bonds. The molecule has 2 fully saturated rings. The first kappa shape index (κ1) is 22.4. The minimum Gasteiger partial charge on any atom is -0.362 e. The fraction of sp³-hybridized carbons (Fsp3) is 0.481. The van der Waals surface area contributed by atoms with E-state index in [0.717, 1.165) is 46.7 Å². The summed E-state index contributed by atoms with van der Waals surface area (Å²) in [6.07, 6.45) is 7.38. The van der Waals surface area contributed by atoms with Crippen molar-refractivity contribution in [1.29, 1.82) is 0 Å². The van der Waals surface area contributed by atoms with Gasteiger partial charge >= 0.3 is 0 Å². The van der Waals surface area contributed by atoms with E-state index in [-0.39, 0.29) is 0 Å². The SMILES string of the molecule is CN(C)c1nc(N[C@H]2CC[C@@H](CNCC3(c4ccc(Cl)cc4)CC3)CC2)nc2ccccc12. The molecule has 5 nitrogen and oxygen atoms in total. The van der Waals surface area contributed by atoms with E-state index in [1.54, 1.807) is 0 Å². The second kappa shape index (κ2) is 9.47. The topological polar surface area (TPSA) is 53.1 Å². The van der Waals surface area contributed by atoms with Gasteiger partial charge < -0.3 is 15.5 Å². The third-order valence-corrected chi connectivity index (χ3v) is 7.65. The number of hydrogen-bond donors (Lipinski definition) is 2. The Labute approximate surface area is 202 Å². The van der Waals surface area contributed by atoms with Crippen molar-refractivity contribution >= 4 is 34.3 Å². The molecule has 2 aromatic carbocycles. The zero-order valence-corrected chi connectivity index (χ0v) is 20.4. The Bertz CT molecular complexity index is 1090. The van der Waals surface area contributed by atoms with Gasteiger partial charge in [-0.2, -0.15) is 4.98 Å². The summed E-state index contributed by atoms with van der Waals surface area (Å²) in [5, 5.41) is 9.33. The Hall–Kier alpha value is -2.37.